The monoisotopic (exact) mass is 261 g/mol. The summed E-state index contributed by atoms with van der Waals surface area (Å²) < 4.78 is 16.5. The van der Waals surface area contributed by atoms with Crippen LogP contribution in [0.4, 0.5) is 4.39 Å². The van der Waals surface area contributed by atoms with Crippen molar-refractivity contribution in [1.29, 1.82) is 0 Å². The summed E-state index contributed by atoms with van der Waals surface area (Å²) in [6.07, 6.45) is 0.184. The number of alkyl halides is 1. The van der Waals surface area contributed by atoms with Gasteiger partial charge < -0.3 is 5.73 Å². The molecule has 1 rings (SSSR count). The van der Waals surface area contributed by atoms with Gasteiger partial charge in [-0.05, 0) is 12.3 Å². The minimum atomic E-state index is -1.49. The molecule has 1 atom stereocenters. The number of hydrogen-bond acceptors (Lipinski definition) is 2. The predicted molar refractivity (Wildman–Crippen MR) is 69.0 cm³/mol. The molecule has 1 unspecified atom stereocenters. The highest BCUT2D eigenvalue weighted by atomic mass is 35.5. The highest BCUT2D eigenvalue weighted by Crippen LogP contribution is 2.37. The molecule has 0 spiro atoms. The van der Waals surface area contributed by atoms with Crippen molar-refractivity contribution in [3.05, 3.63) is 16.4 Å². The summed E-state index contributed by atoms with van der Waals surface area (Å²) in [7, 11) is 1.77. The van der Waals surface area contributed by atoms with E-state index in [1.165, 1.54) is 0 Å². The number of rotatable bonds is 3. The van der Waals surface area contributed by atoms with Crippen LogP contribution in [-0.4, -0.2) is 22.0 Å². The van der Waals surface area contributed by atoms with Crippen molar-refractivity contribution >= 4 is 11.6 Å². The van der Waals surface area contributed by atoms with Crippen molar-refractivity contribution in [3.63, 3.8) is 0 Å². The Bertz CT molecular complexity index is 409. The minimum absolute atomic E-state index is 0.0307. The van der Waals surface area contributed by atoms with Crippen molar-refractivity contribution in [2.75, 3.05) is 6.54 Å². The first-order valence-electron chi connectivity index (χ1n) is 5.69. The first-order valence-corrected chi connectivity index (χ1v) is 6.07. The smallest absolute Gasteiger partial charge is 0.133 e. The van der Waals surface area contributed by atoms with Gasteiger partial charge in [-0.15, -0.1) is 0 Å². The first kappa shape index (κ1) is 14.5. The summed E-state index contributed by atoms with van der Waals surface area (Å²) in [6.45, 7) is 7.31. The average Bonchev–Trinajstić information content (AvgIpc) is 2.43. The third-order valence-corrected chi connectivity index (χ3v) is 3.87. The van der Waals surface area contributed by atoms with Gasteiger partial charge in [0.25, 0.3) is 0 Å². The van der Waals surface area contributed by atoms with Crippen LogP contribution in [0, 0.1) is 12.3 Å². The van der Waals surface area contributed by atoms with Crippen molar-refractivity contribution < 1.29 is 4.39 Å². The lowest BCUT2D eigenvalue weighted by Gasteiger charge is -2.37. The van der Waals surface area contributed by atoms with E-state index in [9.17, 15) is 4.39 Å². The maximum atomic E-state index is 14.9. The second-order valence-corrected chi connectivity index (χ2v) is 5.94. The molecular formula is C12H21ClFN3. The van der Waals surface area contributed by atoms with Crippen LogP contribution in [0.5, 0.6) is 0 Å². The predicted octanol–water partition coefficient (Wildman–Crippen LogP) is 2.64. The van der Waals surface area contributed by atoms with Crippen molar-refractivity contribution in [2.45, 2.75) is 39.8 Å². The molecule has 1 aromatic rings. The maximum absolute atomic E-state index is 14.9. The van der Waals surface area contributed by atoms with E-state index in [4.69, 9.17) is 17.3 Å². The average molecular weight is 262 g/mol. The number of aryl methyl sites for hydroxylation is 2. The van der Waals surface area contributed by atoms with Crippen LogP contribution in [0.25, 0.3) is 0 Å². The molecule has 0 saturated carbocycles. The van der Waals surface area contributed by atoms with Gasteiger partial charge in [0.2, 0.25) is 0 Å². The molecule has 1 heterocycles. The molecule has 0 aliphatic rings. The molecular weight excluding hydrogens is 241 g/mol. The van der Waals surface area contributed by atoms with Gasteiger partial charge in [0, 0.05) is 20.0 Å². The van der Waals surface area contributed by atoms with E-state index in [1.807, 2.05) is 27.7 Å². The minimum Gasteiger partial charge on any atom is -0.327 e. The largest absolute Gasteiger partial charge is 0.327 e. The maximum Gasteiger partial charge on any atom is 0.133 e. The Balaban J connectivity index is 3.12. The summed E-state index contributed by atoms with van der Waals surface area (Å²) in [4.78, 5) is 0. The molecule has 0 aliphatic carbocycles. The van der Waals surface area contributed by atoms with Crippen LogP contribution in [0.15, 0.2) is 0 Å². The lowest BCUT2D eigenvalue weighted by Crippen LogP contribution is -2.47. The second-order valence-electron chi connectivity index (χ2n) is 5.57. The van der Waals surface area contributed by atoms with E-state index in [0.717, 1.165) is 5.69 Å². The van der Waals surface area contributed by atoms with Crippen LogP contribution in [0.1, 0.15) is 32.2 Å². The Kier molecular flexibility index (Phi) is 3.89. The van der Waals surface area contributed by atoms with Gasteiger partial charge in [0.1, 0.15) is 5.67 Å². The van der Waals surface area contributed by atoms with Crippen molar-refractivity contribution in [3.8, 4) is 0 Å². The van der Waals surface area contributed by atoms with Gasteiger partial charge in [-0.3, -0.25) is 4.68 Å². The molecule has 98 valence electrons. The van der Waals surface area contributed by atoms with E-state index in [1.54, 1.807) is 11.7 Å². The lowest BCUT2D eigenvalue weighted by atomic mass is 9.75. The number of aromatic nitrogens is 2. The summed E-state index contributed by atoms with van der Waals surface area (Å²) in [5.74, 6) is 0. The summed E-state index contributed by atoms with van der Waals surface area (Å²) in [6, 6.07) is 0. The Morgan fingerprint density at radius 1 is 1.41 bits per heavy atom. The zero-order chi connectivity index (χ0) is 13.4. The fourth-order valence-corrected chi connectivity index (χ4v) is 2.01. The van der Waals surface area contributed by atoms with E-state index in [0.29, 0.717) is 10.7 Å². The molecule has 0 amide bonds. The number of halogens is 2. The summed E-state index contributed by atoms with van der Waals surface area (Å²) in [5, 5.41) is 4.72. The molecule has 0 saturated heterocycles. The number of nitrogens with zero attached hydrogens (tertiary/aromatic N) is 2. The van der Waals surface area contributed by atoms with E-state index < -0.39 is 11.1 Å². The molecule has 0 aliphatic heterocycles. The first-order chi connectivity index (χ1) is 7.62. The lowest BCUT2D eigenvalue weighted by molar-refractivity contribution is 0.0365. The molecule has 0 bridgehead atoms. The third-order valence-electron chi connectivity index (χ3n) is 3.38. The van der Waals surface area contributed by atoms with Gasteiger partial charge in [-0.2, -0.15) is 5.10 Å². The molecule has 3 nitrogen and oxygen atoms in total. The molecule has 17 heavy (non-hydrogen) atoms. The van der Waals surface area contributed by atoms with E-state index >= 15 is 0 Å². The van der Waals surface area contributed by atoms with Crippen LogP contribution in [0.3, 0.4) is 0 Å². The fraction of sp³-hybridized carbons (Fsp3) is 0.750. The van der Waals surface area contributed by atoms with Crippen molar-refractivity contribution in [2.24, 2.45) is 18.2 Å². The molecule has 0 fully saturated rings. The molecule has 0 radical (unpaired) electrons. The van der Waals surface area contributed by atoms with Gasteiger partial charge >= 0.3 is 0 Å². The molecule has 1 aromatic heterocycles. The SMILES string of the molecule is Cc1nn(C)c(CC(F)(CN)C(C)(C)C)c1Cl. The third kappa shape index (κ3) is 2.63. The second kappa shape index (κ2) is 4.58. The van der Waals surface area contributed by atoms with Crippen LogP contribution >= 0.6 is 11.6 Å². The quantitative estimate of drug-likeness (QED) is 0.909. The standard InChI is InChI=1S/C12H21ClFN3/c1-8-10(13)9(17(5)16-8)6-12(14,7-15)11(2,3)4/h6-7,15H2,1-5H3. The zero-order valence-electron chi connectivity index (χ0n) is 11.1. The normalized spacial score (nSPS) is 16.0. The number of nitrogens with two attached hydrogens (primary N) is 1. The highest BCUT2D eigenvalue weighted by molar-refractivity contribution is 6.31. The summed E-state index contributed by atoms with van der Waals surface area (Å²) in [5.41, 5.74) is 4.99. The Hall–Kier alpha value is -0.610. The van der Waals surface area contributed by atoms with E-state index in [-0.39, 0.29) is 13.0 Å². The van der Waals surface area contributed by atoms with Crippen LogP contribution in [0.2, 0.25) is 5.02 Å². The van der Waals surface area contributed by atoms with Gasteiger partial charge in [-0.25, -0.2) is 4.39 Å². The van der Waals surface area contributed by atoms with Crippen LogP contribution in [-0.2, 0) is 13.5 Å². The highest BCUT2D eigenvalue weighted by Gasteiger charge is 2.42. The Morgan fingerprint density at radius 2 is 1.94 bits per heavy atom. The molecule has 2 N–H and O–H groups in total. The van der Waals surface area contributed by atoms with E-state index in [2.05, 4.69) is 5.10 Å². The van der Waals surface area contributed by atoms with Gasteiger partial charge in [0.05, 0.1) is 16.4 Å². The summed E-state index contributed by atoms with van der Waals surface area (Å²) >= 11 is 6.14. The Morgan fingerprint density at radius 3 is 2.24 bits per heavy atom. The topological polar surface area (TPSA) is 43.8 Å². The molecule has 0 aromatic carbocycles. The fourth-order valence-electron chi connectivity index (χ4n) is 1.78. The zero-order valence-corrected chi connectivity index (χ0v) is 11.9. The Labute approximate surface area is 107 Å². The van der Waals surface area contributed by atoms with Gasteiger partial charge in [0.15, 0.2) is 0 Å². The van der Waals surface area contributed by atoms with Crippen LogP contribution < -0.4 is 5.73 Å². The van der Waals surface area contributed by atoms with Gasteiger partial charge in [-0.1, -0.05) is 32.4 Å². The number of hydrogen-bond donors (Lipinski definition) is 1. The van der Waals surface area contributed by atoms with Crippen molar-refractivity contribution in [1.82, 2.24) is 9.78 Å². The molecule has 5 heteroatoms.